The van der Waals surface area contributed by atoms with Crippen molar-refractivity contribution in [3.8, 4) is 5.88 Å². The zero-order chi connectivity index (χ0) is 24.2. The van der Waals surface area contributed by atoms with Crippen LogP contribution in [0.25, 0.3) is 11.2 Å². The number of hydrogen-bond acceptors (Lipinski definition) is 5. The molecule has 2 N–H and O–H groups in total. The number of aromatic amines is 1. The number of nitrogens with zero attached hydrogens (tertiary/aromatic N) is 2. The smallest absolute Gasteiger partial charge is 0.272 e. The quantitative estimate of drug-likeness (QED) is 0.191. The van der Waals surface area contributed by atoms with Crippen LogP contribution in [0.3, 0.4) is 0 Å². The second kappa shape index (κ2) is 10.7. The van der Waals surface area contributed by atoms with Gasteiger partial charge in [0.15, 0.2) is 23.9 Å². The Bertz CT molecular complexity index is 1230. The predicted octanol–water partition coefficient (Wildman–Crippen LogP) is 7.11. The number of pyridine rings is 1. The van der Waals surface area contributed by atoms with E-state index in [1.165, 1.54) is 30.7 Å². The molecule has 4 rings (SSSR count). The average Bonchev–Trinajstić information content (AvgIpc) is 3.22. The summed E-state index contributed by atoms with van der Waals surface area (Å²) in [7, 11) is 0. The van der Waals surface area contributed by atoms with Crippen molar-refractivity contribution in [2.24, 2.45) is 5.92 Å². The zero-order valence-electron chi connectivity index (χ0n) is 17.9. The Morgan fingerprint density at radius 1 is 1.21 bits per heavy atom. The van der Waals surface area contributed by atoms with Crippen LogP contribution >= 0.6 is 23.2 Å². The number of alkyl halides is 2. The summed E-state index contributed by atoms with van der Waals surface area (Å²) in [6.07, 6.45) is 5.97. The summed E-state index contributed by atoms with van der Waals surface area (Å²) in [6.45, 7) is -0.927. The van der Waals surface area contributed by atoms with E-state index in [0.29, 0.717) is 11.4 Å². The monoisotopic (exact) mass is 512 g/mol. The highest BCUT2D eigenvalue weighted by Crippen LogP contribution is 2.33. The van der Waals surface area contributed by atoms with E-state index in [2.05, 4.69) is 20.3 Å². The number of carbonyl (C=O) groups excluding carboxylic acids is 1. The largest absolute Gasteiger partial charge is 0.471 e. The Kier molecular flexibility index (Phi) is 7.63. The Balaban J connectivity index is 1.65. The lowest BCUT2D eigenvalue weighted by molar-refractivity contribution is 0.0783. The lowest BCUT2D eigenvalue weighted by Crippen LogP contribution is -2.11. The van der Waals surface area contributed by atoms with Gasteiger partial charge in [-0.2, -0.15) is 9.97 Å². The highest BCUT2D eigenvalue weighted by molar-refractivity contribution is 6.35. The van der Waals surface area contributed by atoms with Crippen molar-refractivity contribution in [1.82, 2.24) is 15.0 Å². The van der Waals surface area contributed by atoms with Crippen LogP contribution in [0.15, 0.2) is 30.4 Å². The number of anilines is 2. The minimum atomic E-state index is -2.75. The molecule has 0 amide bonds. The van der Waals surface area contributed by atoms with Gasteiger partial charge in [0, 0.05) is 0 Å². The van der Waals surface area contributed by atoms with Gasteiger partial charge in [0.05, 0.1) is 26.8 Å². The SMILES string of the molecule is O=C(/C=C/C1CCCCC1)c1cc2[nH]c(Nc3c(Cl)ccc(Cl)c3F)nc2nc1OCC(F)F. The maximum Gasteiger partial charge on any atom is 0.272 e. The number of halogens is 5. The second-order valence-electron chi connectivity index (χ2n) is 7.96. The first-order valence-corrected chi connectivity index (χ1v) is 11.5. The third-order valence-corrected chi connectivity index (χ3v) is 6.11. The van der Waals surface area contributed by atoms with E-state index in [-0.39, 0.29) is 38.8 Å². The van der Waals surface area contributed by atoms with Gasteiger partial charge in [-0.1, -0.05) is 48.5 Å². The number of benzene rings is 1. The molecule has 0 radical (unpaired) electrons. The van der Waals surface area contributed by atoms with Crippen LogP contribution < -0.4 is 10.1 Å². The molecule has 6 nitrogen and oxygen atoms in total. The summed E-state index contributed by atoms with van der Waals surface area (Å²) in [6, 6.07) is 4.16. The highest BCUT2D eigenvalue weighted by Gasteiger charge is 2.20. The number of fused-ring (bicyclic) bond motifs is 1. The van der Waals surface area contributed by atoms with Crippen molar-refractivity contribution in [3.05, 3.63) is 51.8 Å². The number of nitrogens with one attached hydrogen (secondary N) is 2. The molecule has 11 heteroatoms. The number of imidazole rings is 1. The molecule has 1 aliphatic carbocycles. The van der Waals surface area contributed by atoms with Gasteiger partial charge in [-0.15, -0.1) is 0 Å². The maximum absolute atomic E-state index is 14.4. The molecule has 2 heterocycles. The van der Waals surface area contributed by atoms with Gasteiger partial charge in [-0.3, -0.25) is 4.79 Å². The van der Waals surface area contributed by atoms with E-state index in [1.54, 1.807) is 0 Å². The summed E-state index contributed by atoms with van der Waals surface area (Å²) in [5.41, 5.74) is 0.314. The van der Waals surface area contributed by atoms with E-state index in [0.717, 1.165) is 25.7 Å². The van der Waals surface area contributed by atoms with Gasteiger partial charge in [-0.25, -0.2) is 13.2 Å². The Hall–Kier alpha value is -2.78. The van der Waals surface area contributed by atoms with Gasteiger partial charge >= 0.3 is 0 Å². The first-order valence-electron chi connectivity index (χ1n) is 10.8. The van der Waals surface area contributed by atoms with Crippen molar-refractivity contribution < 1.29 is 22.7 Å². The molecule has 3 aromatic rings. The minimum absolute atomic E-state index is 0.0161. The van der Waals surface area contributed by atoms with Crippen molar-refractivity contribution in [2.45, 2.75) is 38.5 Å². The molecule has 180 valence electrons. The molecule has 0 unspecified atom stereocenters. The molecule has 1 saturated carbocycles. The minimum Gasteiger partial charge on any atom is -0.471 e. The standard InChI is InChI=1S/C23H21Cl2F3N4O2/c24-14-7-8-15(25)20(19(14)28)30-23-29-16-10-13(17(33)9-6-12-4-2-1-3-5-12)22(31-21(16)32-23)34-11-18(26)27/h6-10,12,18H,1-5,11H2,(H2,29,30,31,32)/b9-6+. The van der Waals surface area contributed by atoms with Crippen LogP contribution in [-0.4, -0.2) is 33.8 Å². The van der Waals surface area contributed by atoms with Gasteiger partial charge in [-0.05, 0) is 43.0 Å². The van der Waals surface area contributed by atoms with Crippen LogP contribution in [0.1, 0.15) is 42.5 Å². The molecule has 1 aromatic carbocycles. The van der Waals surface area contributed by atoms with Gasteiger partial charge < -0.3 is 15.0 Å². The number of ketones is 1. The summed E-state index contributed by atoms with van der Waals surface area (Å²) < 4.78 is 45.0. The third kappa shape index (κ3) is 5.64. The molecule has 0 bridgehead atoms. The van der Waals surface area contributed by atoms with E-state index in [9.17, 15) is 18.0 Å². The number of carbonyl (C=O) groups is 1. The van der Waals surface area contributed by atoms with E-state index >= 15 is 0 Å². The number of aromatic nitrogens is 3. The van der Waals surface area contributed by atoms with Gasteiger partial charge in [0.25, 0.3) is 6.43 Å². The first kappa shape index (κ1) is 24.3. The van der Waals surface area contributed by atoms with Crippen LogP contribution in [-0.2, 0) is 0 Å². The predicted molar refractivity (Wildman–Crippen MR) is 125 cm³/mol. The molecule has 34 heavy (non-hydrogen) atoms. The molecule has 0 atom stereocenters. The second-order valence-corrected chi connectivity index (χ2v) is 8.78. The fourth-order valence-electron chi connectivity index (χ4n) is 3.81. The Morgan fingerprint density at radius 3 is 2.68 bits per heavy atom. The zero-order valence-corrected chi connectivity index (χ0v) is 19.4. The summed E-state index contributed by atoms with van der Waals surface area (Å²) in [4.78, 5) is 24.1. The van der Waals surface area contributed by atoms with Crippen LogP contribution in [0.2, 0.25) is 10.0 Å². The summed E-state index contributed by atoms with van der Waals surface area (Å²) in [5, 5.41) is 2.63. The molecule has 0 saturated heterocycles. The Morgan fingerprint density at radius 2 is 1.94 bits per heavy atom. The molecular formula is C23H21Cl2F3N4O2. The number of hydrogen-bond donors (Lipinski definition) is 2. The molecule has 0 aliphatic heterocycles. The number of ether oxygens (including phenoxy) is 1. The molecule has 0 spiro atoms. The first-order chi connectivity index (χ1) is 16.3. The average molecular weight is 513 g/mol. The maximum atomic E-state index is 14.4. The van der Waals surface area contributed by atoms with E-state index < -0.39 is 24.6 Å². The molecule has 1 fully saturated rings. The normalized spacial score (nSPS) is 14.9. The third-order valence-electron chi connectivity index (χ3n) is 5.51. The van der Waals surface area contributed by atoms with E-state index in [4.69, 9.17) is 27.9 Å². The van der Waals surface area contributed by atoms with Gasteiger partial charge in [0.1, 0.15) is 0 Å². The molecule has 1 aliphatic rings. The van der Waals surface area contributed by atoms with E-state index in [1.807, 2.05) is 6.08 Å². The topological polar surface area (TPSA) is 79.9 Å². The van der Waals surface area contributed by atoms with Crippen molar-refractivity contribution in [3.63, 3.8) is 0 Å². The van der Waals surface area contributed by atoms with Crippen molar-refractivity contribution in [2.75, 3.05) is 11.9 Å². The fraction of sp³-hybridized carbons (Fsp3) is 0.348. The molecule has 2 aromatic heterocycles. The fourth-order valence-corrected chi connectivity index (χ4v) is 4.16. The lowest BCUT2D eigenvalue weighted by atomic mass is 9.89. The van der Waals surface area contributed by atoms with Crippen LogP contribution in [0.4, 0.5) is 24.8 Å². The number of H-pyrrole nitrogens is 1. The van der Waals surface area contributed by atoms with Crippen LogP contribution in [0, 0.1) is 11.7 Å². The lowest BCUT2D eigenvalue weighted by Gasteiger charge is -2.17. The van der Waals surface area contributed by atoms with Gasteiger partial charge in [0.2, 0.25) is 11.8 Å². The summed E-state index contributed by atoms with van der Waals surface area (Å²) >= 11 is 11.9. The number of allylic oxidation sites excluding steroid dienone is 2. The molecular weight excluding hydrogens is 492 g/mol. The van der Waals surface area contributed by atoms with Crippen LogP contribution in [0.5, 0.6) is 5.88 Å². The summed E-state index contributed by atoms with van der Waals surface area (Å²) in [5.74, 6) is -1.08. The number of rotatable bonds is 8. The highest BCUT2D eigenvalue weighted by atomic mass is 35.5. The van der Waals surface area contributed by atoms with Crippen molar-refractivity contribution in [1.29, 1.82) is 0 Å². The van der Waals surface area contributed by atoms with Crippen molar-refractivity contribution >= 4 is 51.8 Å². The Labute approximate surface area is 203 Å².